The molecule has 0 saturated carbocycles. The summed E-state index contributed by atoms with van der Waals surface area (Å²) in [7, 11) is 0. The SMILES string of the molecule is CCC[O][Ti]([O]CCC)[O]CCCCCN. The fraction of sp³-hybridized carbons (Fsp3) is 1.00. The Kier molecular flexibility index (Phi) is 14.1. The second-order valence-corrected chi connectivity index (χ2v) is 5.78. The van der Waals surface area contributed by atoms with Gasteiger partial charge in [0.2, 0.25) is 0 Å². The molecule has 2 N–H and O–H groups in total. The zero-order valence-corrected chi connectivity index (χ0v) is 12.2. The van der Waals surface area contributed by atoms with Gasteiger partial charge in [-0.1, -0.05) is 0 Å². The van der Waals surface area contributed by atoms with Crippen molar-refractivity contribution in [2.24, 2.45) is 5.73 Å². The molecule has 0 aliphatic carbocycles. The van der Waals surface area contributed by atoms with E-state index in [1.165, 1.54) is 0 Å². The van der Waals surface area contributed by atoms with Crippen molar-refractivity contribution in [3.63, 3.8) is 0 Å². The second-order valence-electron chi connectivity index (χ2n) is 3.64. The van der Waals surface area contributed by atoms with Crippen LogP contribution in [0, 0.1) is 0 Å². The molecule has 0 amide bonds. The van der Waals surface area contributed by atoms with Gasteiger partial charge in [-0.05, 0) is 0 Å². The van der Waals surface area contributed by atoms with E-state index < -0.39 is 19.0 Å². The van der Waals surface area contributed by atoms with E-state index in [0.29, 0.717) is 0 Å². The van der Waals surface area contributed by atoms with Crippen molar-refractivity contribution < 1.29 is 29.0 Å². The summed E-state index contributed by atoms with van der Waals surface area (Å²) < 4.78 is 16.9. The molecule has 0 atom stereocenters. The van der Waals surface area contributed by atoms with Crippen LogP contribution in [-0.2, 0) is 29.0 Å². The molecule has 0 bridgehead atoms. The molecule has 0 saturated heterocycles. The Balaban J connectivity index is 3.48. The van der Waals surface area contributed by atoms with Crippen LogP contribution in [0.3, 0.4) is 0 Å². The molecule has 97 valence electrons. The van der Waals surface area contributed by atoms with Crippen LogP contribution >= 0.6 is 0 Å². The van der Waals surface area contributed by atoms with Crippen molar-refractivity contribution in [2.75, 3.05) is 26.4 Å². The third kappa shape index (κ3) is 11.1. The topological polar surface area (TPSA) is 53.7 Å². The van der Waals surface area contributed by atoms with Crippen LogP contribution in [0.2, 0.25) is 0 Å². The Bertz CT molecular complexity index is 130. The average Bonchev–Trinajstić information content (AvgIpc) is 2.31. The predicted octanol–water partition coefficient (Wildman–Crippen LogP) is 2.35. The van der Waals surface area contributed by atoms with E-state index in [1.807, 2.05) is 0 Å². The molecule has 0 rings (SSSR count). The fourth-order valence-corrected chi connectivity index (χ4v) is 3.11. The molecule has 0 unspecified atom stereocenters. The van der Waals surface area contributed by atoms with Crippen LogP contribution in [0.4, 0.5) is 0 Å². The Hall–Kier alpha value is 0.554. The van der Waals surface area contributed by atoms with Gasteiger partial charge in [0.25, 0.3) is 0 Å². The Labute approximate surface area is 107 Å². The summed E-state index contributed by atoms with van der Waals surface area (Å²) >= 11 is -2.12. The van der Waals surface area contributed by atoms with Crippen LogP contribution in [0.15, 0.2) is 0 Å². The zero-order valence-electron chi connectivity index (χ0n) is 10.7. The molecule has 0 fully saturated rings. The van der Waals surface area contributed by atoms with Crippen molar-refractivity contribution >= 4 is 0 Å². The number of hydrogen-bond acceptors (Lipinski definition) is 4. The standard InChI is InChI=1S/C5H12NO.2C3H7O.Ti/c6-4-2-1-3-5-7;2*1-2-3-4;/h1-6H2;2*2-3H2,1H3;/q3*-1;+3. The molecule has 5 heteroatoms. The van der Waals surface area contributed by atoms with Crippen LogP contribution in [0.5, 0.6) is 0 Å². The summed E-state index contributed by atoms with van der Waals surface area (Å²) in [5.74, 6) is 0. The van der Waals surface area contributed by atoms with Crippen molar-refractivity contribution in [3.8, 4) is 0 Å². The molecule has 16 heavy (non-hydrogen) atoms. The van der Waals surface area contributed by atoms with E-state index in [4.69, 9.17) is 15.7 Å². The van der Waals surface area contributed by atoms with Gasteiger partial charge in [0.05, 0.1) is 0 Å². The molecular weight excluding hydrogens is 242 g/mol. The van der Waals surface area contributed by atoms with E-state index in [-0.39, 0.29) is 0 Å². The van der Waals surface area contributed by atoms with Gasteiger partial charge in [-0.25, -0.2) is 0 Å². The van der Waals surface area contributed by atoms with Gasteiger partial charge in [-0.2, -0.15) is 0 Å². The minimum absolute atomic E-state index is 0.752. The van der Waals surface area contributed by atoms with E-state index >= 15 is 0 Å². The van der Waals surface area contributed by atoms with Gasteiger partial charge in [0.15, 0.2) is 0 Å². The maximum atomic E-state index is 5.67. The van der Waals surface area contributed by atoms with E-state index in [1.54, 1.807) is 0 Å². The van der Waals surface area contributed by atoms with Gasteiger partial charge in [-0.3, -0.25) is 0 Å². The molecule has 0 heterocycles. The number of unbranched alkanes of at least 4 members (excludes halogenated alkanes) is 2. The van der Waals surface area contributed by atoms with Crippen LogP contribution < -0.4 is 5.73 Å². The number of hydrogen-bond donors (Lipinski definition) is 1. The normalized spacial score (nSPS) is 10.7. The van der Waals surface area contributed by atoms with Crippen LogP contribution in [-0.4, -0.2) is 26.4 Å². The monoisotopic (exact) mass is 268 g/mol. The molecule has 0 aromatic carbocycles. The maximum absolute atomic E-state index is 5.67. The van der Waals surface area contributed by atoms with Gasteiger partial charge in [0.1, 0.15) is 0 Å². The molecule has 4 nitrogen and oxygen atoms in total. The Morgan fingerprint density at radius 3 is 1.88 bits per heavy atom. The second kappa shape index (κ2) is 13.6. The van der Waals surface area contributed by atoms with Crippen molar-refractivity contribution in [2.45, 2.75) is 46.0 Å². The summed E-state index contributed by atoms with van der Waals surface area (Å²) in [4.78, 5) is 0. The van der Waals surface area contributed by atoms with Crippen LogP contribution in [0.1, 0.15) is 46.0 Å². The van der Waals surface area contributed by atoms with E-state index in [9.17, 15) is 0 Å². The average molecular weight is 268 g/mol. The van der Waals surface area contributed by atoms with E-state index in [2.05, 4.69) is 13.8 Å². The first kappa shape index (κ1) is 16.6. The molecule has 0 aromatic heterocycles. The molecule has 0 radical (unpaired) electrons. The zero-order chi connectivity index (χ0) is 12.1. The summed E-state index contributed by atoms with van der Waals surface area (Å²) in [5.41, 5.74) is 5.42. The fourth-order valence-electron chi connectivity index (χ4n) is 1.07. The number of rotatable bonds is 12. The third-order valence-electron chi connectivity index (χ3n) is 1.92. The minimum atomic E-state index is -2.12. The summed E-state index contributed by atoms with van der Waals surface area (Å²) in [6, 6.07) is 0. The first-order valence-electron chi connectivity index (χ1n) is 6.30. The predicted molar refractivity (Wildman–Crippen MR) is 61.3 cm³/mol. The Morgan fingerprint density at radius 1 is 0.812 bits per heavy atom. The van der Waals surface area contributed by atoms with Crippen molar-refractivity contribution in [3.05, 3.63) is 0 Å². The van der Waals surface area contributed by atoms with Gasteiger partial charge in [-0.15, -0.1) is 0 Å². The molecule has 0 aliphatic heterocycles. The van der Waals surface area contributed by atoms with Gasteiger partial charge in [0, 0.05) is 0 Å². The quantitative estimate of drug-likeness (QED) is 0.436. The number of nitrogens with two attached hydrogens (primary N) is 1. The van der Waals surface area contributed by atoms with Gasteiger partial charge >= 0.3 is 107 Å². The summed E-state index contributed by atoms with van der Waals surface area (Å²) in [6.07, 6.45) is 5.29. The summed E-state index contributed by atoms with van der Waals surface area (Å²) in [5, 5.41) is 0. The third-order valence-corrected chi connectivity index (χ3v) is 3.98. The molecule has 0 aromatic rings. The summed E-state index contributed by atoms with van der Waals surface area (Å²) in [6.45, 7) is 7.21. The molecule has 0 spiro atoms. The van der Waals surface area contributed by atoms with Gasteiger partial charge < -0.3 is 0 Å². The first-order valence-corrected chi connectivity index (χ1v) is 8.21. The first-order chi connectivity index (χ1) is 7.85. The van der Waals surface area contributed by atoms with Crippen LogP contribution in [0.25, 0.3) is 0 Å². The molecule has 0 aliphatic rings. The molecular formula is C11H26NO3Ti. The Morgan fingerprint density at radius 2 is 1.38 bits per heavy atom. The van der Waals surface area contributed by atoms with Crippen molar-refractivity contribution in [1.82, 2.24) is 0 Å². The van der Waals surface area contributed by atoms with Crippen molar-refractivity contribution in [1.29, 1.82) is 0 Å². The van der Waals surface area contributed by atoms with E-state index in [0.717, 1.165) is 58.5 Å².